The van der Waals surface area contributed by atoms with E-state index in [2.05, 4.69) is 30.9 Å². The Kier molecular flexibility index (Phi) is 5.71. The van der Waals surface area contributed by atoms with Crippen LogP contribution >= 0.6 is 0 Å². The van der Waals surface area contributed by atoms with Gasteiger partial charge < -0.3 is 9.64 Å². The summed E-state index contributed by atoms with van der Waals surface area (Å²) in [6.07, 6.45) is 5.42. The Labute approximate surface area is 117 Å². The van der Waals surface area contributed by atoms with Crippen molar-refractivity contribution in [3.05, 3.63) is 30.3 Å². The first-order valence-corrected chi connectivity index (χ1v) is 7.68. The Bertz CT molecular complexity index is 342. The fourth-order valence-corrected chi connectivity index (χ4v) is 2.67. The third kappa shape index (κ3) is 5.23. The third-order valence-corrected chi connectivity index (χ3v) is 3.84. The van der Waals surface area contributed by atoms with Gasteiger partial charge in [-0.25, -0.2) is 0 Å². The summed E-state index contributed by atoms with van der Waals surface area (Å²) in [4.78, 5) is 2.59. The van der Waals surface area contributed by atoms with Gasteiger partial charge >= 0.3 is 0 Å². The lowest BCUT2D eigenvalue weighted by molar-refractivity contribution is 0.0990. The van der Waals surface area contributed by atoms with E-state index in [1.54, 1.807) is 0 Å². The largest absolute Gasteiger partial charge is 0.490 e. The highest BCUT2D eigenvalue weighted by Crippen LogP contribution is 2.19. The number of hydrogen-bond donors (Lipinski definition) is 0. The van der Waals surface area contributed by atoms with Gasteiger partial charge in [0.1, 0.15) is 11.9 Å². The lowest BCUT2D eigenvalue weighted by Crippen LogP contribution is -2.38. The molecule has 106 valence electrons. The smallest absolute Gasteiger partial charge is 0.119 e. The Hall–Kier alpha value is -1.02. The summed E-state index contributed by atoms with van der Waals surface area (Å²) in [5.41, 5.74) is 0. The Morgan fingerprint density at radius 3 is 2.47 bits per heavy atom. The van der Waals surface area contributed by atoms with Crippen molar-refractivity contribution in [1.82, 2.24) is 4.90 Å². The minimum atomic E-state index is 0.406. The molecule has 0 N–H and O–H groups in total. The molecule has 1 saturated heterocycles. The Morgan fingerprint density at radius 2 is 1.84 bits per heavy atom. The van der Waals surface area contributed by atoms with E-state index in [1.807, 2.05) is 18.2 Å². The van der Waals surface area contributed by atoms with Crippen LogP contribution in [0.25, 0.3) is 0 Å². The summed E-state index contributed by atoms with van der Waals surface area (Å²) in [6.45, 7) is 8.25. The van der Waals surface area contributed by atoms with Crippen LogP contribution in [0.1, 0.15) is 39.5 Å². The van der Waals surface area contributed by atoms with E-state index in [-0.39, 0.29) is 0 Å². The van der Waals surface area contributed by atoms with Crippen molar-refractivity contribution in [2.75, 3.05) is 19.6 Å². The van der Waals surface area contributed by atoms with Crippen LogP contribution in [0.3, 0.4) is 0 Å². The summed E-state index contributed by atoms with van der Waals surface area (Å²) < 4.78 is 6.02. The van der Waals surface area contributed by atoms with Gasteiger partial charge in [-0.15, -0.1) is 0 Å². The molecule has 1 fully saturated rings. The van der Waals surface area contributed by atoms with Crippen molar-refractivity contribution in [3.8, 4) is 5.75 Å². The van der Waals surface area contributed by atoms with E-state index in [1.165, 1.54) is 32.5 Å². The van der Waals surface area contributed by atoms with E-state index in [4.69, 9.17) is 4.74 Å². The molecular weight excluding hydrogens is 234 g/mol. The molecule has 19 heavy (non-hydrogen) atoms. The summed E-state index contributed by atoms with van der Waals surface area (Å²) in [6, 6.07) is 10.2. The second kappa shape index (κ2) is 7.54. The van der Waals surface area contributed by atoms with E-state index >= 15 is 0 Å². The molecule has 1 aliphatic rings. The molecule has 2 rings (SSSR count). The number of para-hydroxylation sites is 1. The standard InChI is InChI=1S/C17H27NO/c1-15(2)7-6-12-18-13-10-17(11-14-18)19-16-8-4-3-5-9-16/h3-5,8-9,15,17H,6-7,10-14H2,1-2H3. The second-order valence-corrected chi connectivity index (χ2v) is 6.01. The van der Waals surface area contributed by atoms with Crippen molar-refractivity contribution in [2.45, 2.75) is 45.6 Å². The molecular formula is C17H27NO. The minimum absolute atomic E-state index is 0.406. The molecule has 1 aliphatic heterocycles. The SMILES string of the molecule is CC(C)CCCN1CCC(Oc2ccccc2)CC1. The molecule has 0 spiro atoms. The average Bonchev–Trinajstić information content (AvgIpc) is 2.42. The Balaban J connectivity index is 1.65. The van der Waals surface area contributed by atoms with Gasteiger partial charge in [0.15, 0.2) is 0 Å². The van der Waals surface area contributed by atoms with E-state index in [9.17, 15) is 0 Å². The van der Waals surface area contributed by atoms with E-state index < -0.39 is 0 Å². The van der Waals surface area contributed by atoms with Gasteiger partial charge in [-0.05, 0) is 50.3 Å². The molecule has 2 heteroatoms. The molecule has 0 amide bonds. The maximum absolute atomic E-state index is 6.02. The van der Waals surface area contributed by atoms with Gasteiger partial charge in [-0.1, -0.05) is 32.0 Å². The topological polar surface area (TPSA) is 12.5 Å². The predicted molar refractivity (Wildman–Crippen MR) is 80.6 cm³/mol. The van der Waals surface area contributed by atoms with Crippen LogP contribution in [0.15, 0.2) is 30.3 Å². The summed E-state index contributed by atoms with van der Waals surface area (Å²) in [5, 5.41) is 0. The molecule has 2 nitrogen and oxygen atoms in total. The molecule has 0 bridgehead atoms. The van der Waals surface area contributed by atoms with Gasteiger partial charge in [-0.3, -0.25) is 0 Å². The van der Waals surface area contributed by atoms with Crippen LogP contribution in [-0.4, -0.2) is 30.6 Å². The van der Waals surface area contributed by atoms with Crippen molar-refractivity contribution < 1.29 is 4.74 Å². The molecule has 0 saturated carbocycles. The number of ether oxygens (including phenoxy) is 1. The maximum Gasteiger partial charge on any atom is 0.119 e. The number of nitrogens with zero attached hydrogens (tertiary/aromatic N) is 1. The lowest BCUT2D eigenvalue weighted by Gasteiger charge is -2.32. The quantitative estimate of drug-likeness (QED) is 0.768. The highest BCUT2D eigenvalue weighted by Gasteiger charge is 2.19. The molecule has 0 aliphatic carbocycles. The van der Waals surface area contributed by atoms with Gasteiger partial charge in [0, 0.05) is 13.1 Å². The second-order valence-electron chi connectivity index (χ2n) is 6.01. The lowest BCUT2D eigenvalue weighted by atomic mass is 10.1. The van der Waals surface area contributed by atoms with Crippen molar-refractivity contribution >= 4 is 0 Å². The van der Waals surface area contributed by atoms with Crippen molar-refractivity contribution in [2.24, 2.45) is 5.92 Å². The first kappa shape index (κ1) is 14.4. The van der Waals surface area contributed by atoms with Crippen LogP contribution in [0.5, 0.6) is 5.75 Å². The van der Waals surface area contributed by atoms with Crippen LogP contribution < -0.4 is 4.74 Å². The third-order valence-electron chi connectivity index (χ3n) is 3.84. The summed E-state index contributed by atoms with van der Waals surface area (Å²) in [5.74, 6) is 1.85. The normalized spacial score (nSPS) is 17.8. The van der Waals surface area contributed by atoms with Crippen molar-refractivity contribution in [3.63, 3.8) is 0 Å². The fourth-order valence-electron chi connectivity index (χ4n) is 2.67. The van der Waals surface area contributed by atoms with Gasteiger partial charge in [-0.2, -0.15) is 0 Å². The number of hydrogen-bond acceptors (Lipinski definition) is 2. The molecule has 0 aromatic heterocycles. The fraction of sp³-hybridized carbons (Fsp3) is 0.647. The van der Waals surface area contributed by atoms with Crippen LogP contribution in [0.4, 0.5) is 0 Å². The van der Waals surface area contributed by atoms with Gasteiger partial charge in [0.2, 0.25) is 0 Å². The molecule has 0 radical (unpaired) electrons. The maximum atomic E-state index is 6.02. The molecule has 0 unspecified atom stereocenters. The predicted octanol–water partition coefficient (Wildman–Crippen LogP) is 3.97. The molecule has 1 aromatic carbocycles. The first-order valence-electron chi connectivity index (χ1n) is 7.68. The Morgan fingerprint density at radius 1 is 1.16 bits per heavy atom. The summed E-state index contributed by atoms with van der Waals surface area (Å²) in [7, 11) is 0. The monoisotopic (exact) mass is 261 g/mol. The molecule has 1 heterocycles. The number of rotatable bonds is 6. The average molecular weight is 261 g/mol. The van der Waals surface area contributed by atoms with E-state index in [0.717, 1.165) is 24.5 Å². The summed E-state index contributed by atoms with van der Waals surface area (Å²) >= 11 is 0. The van der Waals surface area contributed by atoms with E-state index in [0.29, 0.717) is 6.10 Å². The first-order chi connectivity index (χ1) is 9.24. The van der Waals surface area contributed by atoms with Crippen LogP contribution in [-0.2, 0) is 0 Å². The number of benzene rings is 1. The zero-order valence-corrected chi connectivity index (χ0v) is 12.3. The van der Waals surface area contributed by atoms with Gasteiger partial charge in [0.25, 0.3) is 0 Å². The molecule has 1 aromatic rings. The highest BCUT2D eigenvalue weighted by atomic mass is 16.5. The van der Waals surface area contributed by atoms with Crippen molar-refractivity contribution in [1.29, 1.82) is 0 Å². The zero-order chi connectivity index (χ0) is 13.5. The highest BCUT2D eigenvalue weighted by molar-refractivity contribution is 5.21. The van der Waals surface area contributed by atoms with Gasteiger partial charge in [0.05, 0.1) is 0 Å². The van der Waals surface area contributed by atoms with Crippen LogP contribution in [0.2, 0.25) is 0 Å². The van der Waals surface area contributed by atoms with Crippen LogP contribution in [0, 0.1) is 5.92 Å². The zero-order valence-electron chi connectivity index (χ0n) is 12.3. The minimum Gasteiger partial charge on any atom is -0.490 e. The number of piperidine rings is 1. The number of likely N-dealkylation sites (tertiary alicyclic amines) is 1. The molecule has 0 atom stereocenters.